The molecule has 1 aromatic carbocycles. The lowest BCUT2D eigenvalue weighted by atomic mass is 10.1. The molecule has 6 nitrogen and oxygen atoms in total. The number of benzene rings is 1. The first-order chi connectivity index (χ1) is 10.7. The SMILES string of the molecule is COc1ccc(C(=O)N[C@@H](C)[C@@H]2CCCO2)cc1OCCO. The van der Waals surface area contributed by atoms with Gasteiger partial charge in [-0.15, -0.1) is 0 Å². The molecule has 6 heteroatoms. The number of carbonyl (C=O) groups is 1. The average Bonchev–Trinajstić information content (AvgIpc) is 3.07. The van der Waals surface area contributed by atoms with Crippen molar-refractivity contribution in [3.8, 4) is 11.5 Å². The van der Waals surface area contributed by atoms with Crippen molar-refractivity contribution in [3.63, 3.8) is 0 Å². The summed E-state index contributed by atoms with van der Waals surface area (Å²) < 4.78 is 16.2. The smallest absolute Gasteiger partial charge is 0.251 e. The summed E-state index contributed by atoms with van der Waals surface area (Å²) >= 11 is 0. The quantitative estimate of drug-likeness (QED) is 0.795. The zero-order valence-electron chi connectivity index (χ0n) is 13.0. The summed E-state index contributed by atoms with van der Waals surface area (Å²) in [6.07, 6.45) is 2.08. The molecule has 0 bridgehead atoms. The molecule has 2 N–H and O–H groups in total. The van der Waals surface area contributed by atoms with E-state index in [9.17, 15) is 4.79 Å². The van der Waals surface area contributed by atoms with Crippen LogP contribution < -0.4 is 14.8 Å². The molecule has 0 saturated carbocycles. The topological polar surface area (TPSA) is 77.0 Å². The molecule has 1 aromatic rings. The second kappa shape index (κ2) is 8.00. The van der Waals surface area contributed by atoms with Gasteiger partial charge in [0.2, 0.25) is 0 Å². The molecule has 0 aromatic heterocycles. The zero-order valence-corrected chi connectivity index (χ0v) is 13.0. The molecule has 1 aliphatic rings. The van der Waals surface area contributed by atoms with Crippen LogP contribution in [0.3, 0.4) is 0 Å². The van der Waals surface area contributed by atoms with Crippen LogP contribution in [0.25, 0.3) is 0 Å². The van der Waals surface area contributed by atoms with Crippen molar-refractivity contribution in [3.05, 3.63) is 23.8 Å². The van der Waals surface area contributed by atoms with Crippen LogP contribution in [0.2, 0.25) is 0 Å². The van der Waals surface area contributed by atoms with Gasteiger partial charge in [0.25, 0.3) is 5.91 Å². The van der Waals surface area contributed by atoms with Gasteiger partial charge < -0.3 is 24.6 Å². The molecule has 0 spiro atoms. The first-order valence-electron chi connectivity index (χ1n) is 7.50. The van der Waals surface area contributed by atoms with E-state index in [1.165, 1.54) is 7.11 Å². The number of aliphatic hydroxyl groups excluding tert-OH is 1. The minimum absolute atomic E-state index is 0.0427. The van der Waals surface area contributed by atoms with Crippen molar-refractivity contribution >= 4 is 5.91 Å². The number of hydrogen-bond acceptors (Lipinski definition) is 5. The van der Waals surface area contributed by atoms with Crippen molar-refractivity contribution in [1.29, 1.82) is 0 Å². The summed E-state index contributed by atoms with van der Waals surface area (Å²) in [6, 6.07) is 4.94. The summed E-state index contributed by atoms with van der Waals surface area (Å²) in [5, 5.41) is 11.8. The van der Waals surface area contributed by atoms with Gasteiger partial charge in [-0.05, 0) is 38.0 Å². The summed E-state index contributed by atoms with van der Waals surface area (Å²) in [5.41, 5.74) is 0.485. The summed E-state index contributed by atoms with van der Waals surface area (Å²) in [4.78, 5) is 12.3. The first kappa shape index (κ1) is 16.6. The van der Waals surface area contributed by atoms with Gasteiger partial charge in [-0.1, -0.05) is 0 Å². The summed E-state index contributed by atoms with van der Waals surface area (Å²) in [7, 11) is 1.53. The predicted molar refractivity (Wildman–Crippen MR) is 81.5 cm³/mol. The van der Waals surface area contributed by atoms with Crippen molar-refractivity contribution in [2.24, 2.45) is 0 Å². The number of rotatable bonds is 7. The Morgan fingerprint density at radius 3 is 2.95 bits per heavy atom. The largest absolute Gasteiger partial charge is 0.493 e. The Morgan fingerprint density at radius 2 is 2.32 bits per heavy atom. The van der Waals surface area contributed by atoms with Gasteiger partial charge in [0, 0.05) is 12.2 Å². The molecule has 22 heavy (non-hydrogen) atoms. The van der Waals surface area contributed by atoms with Crippen LogP contribution in [-0.4, -0.2) is 50.1 Å². The maximum atomic E-state index is 12.3. The highest BCUT2D eigenvalue weighted by atomic mass is 16.5. The van der Waals surface area contributed by atoms with Crippen molar-refractivity contribution in [2.75, 3.05) is 26.9 Å². The molecule has 2 rings (SSSR count). The number of ether oxygens (including phenoxy) is 3. The monoisotopic (exact) mass is 309 g/mol. The van der Waals surface area contributed by atoms with E-state index in [-0.39, 0.29) is 31.3 Å². The fourth-order valence-corrected chi connectivity index (χ4v) is 2.47. The van der Waals surface area contributed by atoms with Gasteiger partial charge in [0.1, 0.15) is 6.61 Å². The number of nitrogens with one attached hydrogen (secondary N) is 1. The Balaban J connectivity index is 2.04. The Labute approximate surface area is 130 Å². The number of amides is 1. The van der Waals surface area contributed by atoms with Gasteiger partial charge >= 0.3 is 0 Å². The zero-order chi connectivity index (χ0) is 15.9. The lowest BCUT2D eigenvalue weighted by molar-refractivity contribution is 0.0712. The van der Waals surface area contributed by atoms with Crippen LogP contribution >= 0.6 is 0 Å². The average molecular weight is 309 g/mol. The third kappa shape index (κ3) is 4.11. The van der Waals surface area contributed by atoms with Crippen molar-refractivity contribution in [1.82, 2.24) is 5.32 Å². The fraction of sp³-hybridized carbons (Fsp3) is 0.562. The second-order valence-corrected chi connectivity index (χ2v) is 5.25. The fourth-order valence-electron chi connectivity index (χ4n) is 2.47. The van der Waals surface area contributed by atoms with Crippen LogP contribution in [-0.2, 0) is 4.74 Å². The van der Waals surface area contributed by atoms with Crippen molar-refractivity contribution < 1.29 is 24.1 Å². The van der Waals surface area contributed by atoms with E-state index in [4.69, 9.17) is 19.3 Å². The van der Waals surface area contributed by atoms with Crippen molar-refractivity contribution in [2.45, 2.75) is 31.9 Å². The minimum atomic E-state index is -0.181. The molecule has 1 saturated heterocycles. The van der Waals surface area contributed by atoms with Gasteiger partial charge in [0.15, 0.2) is 11.5 Å². The number of methoxy groups -OCH3 is 1. The number of hydrogen-bond donors (Lipinski definition) is 2. The molecule has 1 aliphatic heterocycles. The lowest BCUT2D eigenvalue weighted by Crippen LogP contribution is -2.40. The third-order valence-corrected chi connectivity index (χ3v) is 3.66. The maximum absolute atomic E-state index is 12.3. The Hall–Kier alpha value is -1.79. The predicted octanol–water partition coefficient (Wildman–Crippen LogP) is 1.36. The molecule has 2 atom stereocenters. The molecule has 0 aliphatic carbocycles. The Bertz CT molecular complexity index is 499. The normalized spacial score (nSPS) is 18.8. The van der Waals surface area contributed by atoms with E-state index in [1.54, 1.807) is 18.2 Å². The molecule has 1 amide bonds. The minimum Gasteiger partial charge on any atom is -0.493 e. The van der Waals surface area contributed by atoms with Crippen LogP contribution in [0, 0.1) is 0 Å². The molecule has 122 valence electrons. The summed E-state index contributed by atoms with van der Waals surface area (Å²) in [5.74, 6) is 0.783. The molecule has 1 fully saturated rings. The van der Waals surface area contributed by atoms with E-state index in [0.29, 0.717) is 17.1 Å². The van der Waals surface area contributed by atoms with E-state index >= 15 is 0 Å². The van der Waals surface area contributed by atoms with Gasteiger partial charge in [-0.25, -0.2) is 0 Å². The third-order valence-electron chi connectivity index (χ3n) is 3.66. The van der Waals surface area contributed by atoms with E-state index in [1.807, 2.05) is 6.92 Å². The molecular formula is C16H23NO5. The maximum Gasteiger partial charge on any atom is 0.251 e. The van der Waals surface area contributed by atoms with Gasteiger partial charge in [-0.3, -0.25) is 4.79 Å². The summed E-state index contributed by atoms with van der Waals surface area (Å²) in [6.45, 7) is 2.75. The first-order valence-corrected chi connectivity index (χ1v) is 7.50. The van der Waals surface area contributed by atoms with Gasteiger partial charge in [-0.2, -0.15) is 0 Å². The van der Waals surface area contributed by atoms with Crippen LogP contribution in [0.15, 0.2) is 18.2 Å². The second-order valence-electron chi connectivity index (χ2n) is 5.25. The molecule has 1 heterocycles. The molecule has 0 unspecified atom stereocenters. The molecular weight excluding hydrogens is 286 g/mol. The van der Waals surface area contributed by atoms with Gasteiger partial charge in [0.05, 0.1) is 25.9 Å². The highest BCUT2D eigenvalue weighted by molar-refractivity contribution is 5.95. The van der Waals surface area contributed by atoms with Crippen LogP contribution in [0.4, 0.5) is 0 Å². The van der Waals surface area contributed by atoms with Crippen LogP contribution in [0.5, 0.6) is 11.5 Å². The van der Waals surface area contributed by atoms with E-state index in [2.05, 4.69) is 5.32 Å². The van der Waals surface area contributed by atoms with E-state index in [0.717, 1.165) is 19.4 Å². The number of aliphatic hydroxyl groups is 1. The Kier molecular flexibility index (Phi) is 6.03. The highest BCUT2D eigenvalue weighted by Crippen LogP contribution is 2.28. The standard InChI is InChI=1S/C16H23NO5/c1-11(13-4-3-8-21-13)17-16(19)12-5-6-14(20-2)15(10-12)22-9-7-18/h5-6,10-11,13,18H,3-4,7-9H2,1-2H3,(H,17,19)/t11-,13-/m0/s1. The highest BCUT2D eigenvalue weighted by Gasteiger charge is 2.24. The lowest BCUT2D eigenvalue weighted by Gasteiger charge is -2.20. The van der Waals surface area contributed by atoms with E-state index < -0.39 is 0 Å². The molecule has 0 radical (unpaired) electrons. The Morgan fingerprint density at radius 1 is 1.50 bits per heavy atom. The van der Waals surface area contributed by atoms with Crippen LogP contribution in [0.1, 0.15) is 30.1 Å². The number of carbonyl (C=O) groups excluding carboxylic acids is 1.